The molecule has 0 aliphatic rings. The molecule has 0 saturated heterocycles. The Balaban J connectivity index is 2.60. The molecule has 0 aromatic heterocycles. The molecule has 1 N–H and O–H groups in total. The third kappa shape index (κ3) is 3.33. The van der Waals surface area contributed by atoms with Crippen LogP contribution in [0.25, 0.3) is 0 Å². The molecule has 5 heteroatoms. The average molecular weight is 222 g/mol. The summed E-state index contributed by atoms with van der Waals surface area (Å²) in [7, 11) is 1.28. The zero-order valence-electron chi connectivity index (χ0n) is 8.79. The summed E-state index contributed by atoms with van der Waals surface area (Å²) in [5, 5.41) is 11.4. The molecule has 0 amide bonds. The van der Waals surface area contributed by atoms with E-state index in [2.05, 4.69) is 10.1 Å². The molecular formula is C11H11FN2O2. The first-order valence-electron chi connectivity index (χ1n) is 4.63. The number of nitrogens with zero attached hydrogens (tertiary/aromatic N) is 1. The second-order valence-corrected chi connectivity index (χ2v) is 3.10. The van der Waals surface area contributed by atoms with E-state index in [9.17, 15) is 9.18 Å². The predicted molar refractivity (Wildman–Crippen MR) is 54.8 cm³/mol. The van der Waals surface area contributed by atoms with Gasteiger partial charge in [-0.05, 0) is 18.2 Å². The number of carbonyl (C=O) groups is 1. The summed E-state index contributed by atoms with van der Waals surface area (Å²) >= 11 is 0. The van der Waals surface area contributed by atoms with Crippen LogP contribution >= 0.6 is 0 Å². The minimum absolute atomic E-state index is 0.00667. The van der Waals surface area contributed by atoms with Gasteiger partial charge in [-0.1, -0.05) is 0 Å². The lowest BCUT2D eigenvalue weighted by Crippen LogP contribution is -2.23. The summed E-state index contributed by atoms with van der Waals surface area (Å²) in [4.78, 5) is 10.8. The van der Waals surface area contributed by atoms with Crippen LogP contribution in [0.15, 0.2) is 18.2 Å². The van der Waals surface area contributed by atoms with Crippen molar-refractivity contribution in [2.45, 2.75) is 6.54 Å². The topological polar surface area (TPSA) is 62.1 Å². The van der Waals surface area contributed by atoms with Crippen LogP contribution < -0.4 is 5.32 Å². The Morgan fingerprint density at radius 3 is 3.00 bits per heavy atom. The minimum Gasteiger partial charge on any atom is -0.468 e. The number of methoxy groups -OCH3 is 1. The second-order valence-electron chi connectivity index (χ2n) is 3.10. The fourth-order valence-corrected chi connectivity index (χ4v) is 1.15. The first-order chi connectivity index (χ1) is 7.67. The third-order valence-electron chi connectivity index (χ3n) is 1.99. The minimum atomic E-state index is -0.420. The molecule has 0 radical (unpaired) electrons. The molecule has 0 aliphatic heterocycles. The normalized spacial score (nSPS) is 9.56. The maximum absolute atomic E-state index is 13.2. The molecule has 84 valence electrons. The molecule has 0 spiro atoms. The summed E-state index contributed by atoms with van der Waals surface area (Å²) in [5.41, 5.74) is 0.735. The zero-order chi connectivity index (χ0) is 12.0. The van der Waals surface area contributed by atoms with Crippen LogP contribution in [0.3, 0.4) is 0 Å². The van der Waals surface area contributed by atoms with Crippen LogP contribution in [0, 0.1) is 17.1 Å². The summed E-state index contributed by atoms with van der Waals surface area (Å²) in [6.45, 7) is 0.184. The lowest BCUT2D eigenvalue weighted by Gasteiger charge is -2.05. The van der Waals surface area contributed by atoms with Crippen molar-refractivity contribution in [1.82, 2.24) is 5.32 Å². The Morgan fingerprint density at radius 2 is 2.38 bits per heavy atom. The van der Waals surface area contributed by atoms with Crippen molar-refractivity contribution >= 4 is 5.97 Å². The molecule has 1 aromatic rings. The Labute approximate surface area is 92.6 Å². The molecule has 4 nitrogen and oxygen atoms in total. The predicted octanol–water partition coefficient (Wildman–Crippen LogP) is 0.960. The van der Waals surface area contributed by atoms with Crippen molar-refractivity contribution in [1.29, 1.82) is 5.26 Å². The number of carbonyl (C=O) groups excluding carboxylic acids is 1. The molecular weight excluding hydrogens is 211 g/mol. The van der Waals surface area contributed by atoms with Crippen molar-refractivity contribution in [3.05, 3.63) is 35.1 Å². The van der Waals surface area contributed by atoms with Gasteiger partial charge in [0.2, 0.25) is 0 Å². The van der Waals surface area contributed by atoms with E-state index in [1.165, 1.54) is 25.3 Å². The van der Waals surface area contributed by atoms with Crippen molar-refractivity contribution in [3.8, 4) is 6.07 Å². The van der Waals surface area contributed by atoms with Crippen LogP contribution in [0.1, 0.15) is 11.1 Å². The molecule has 0 aliphatic carbocycles. The van der Waals surface area contributed by atoms with Crippen LogP contribution in [0.4, 0.5) is 4.39 Å². The van der Waals surface area contributed by atoms with E-state index in [0.717, 1.165) is 0 Å². The SMILES string of the molecule is COC(=O)CNCc1cc(C#N)ccc1F. The highest BCUT2D eigenvalue weighted by Crippen LogP contribution is 2.09. The smallest absolute Gasteiger partial charge is 0.319 e. The standard InChI is InChI=1S/C11H11FN2O2/c1-16-11(15)7-14-6-9-4-8(5-13)2-3-10(9)12/h2-4,14H,6-7H2,1H3. The van der Waals surface area contributed by atoms with Crippen LogP contribution in [-0.4, -0.2) is 19.6 Å². The number of esters is 1. The zero-order valence-corrected chi connectivity index (χ0v) is 8.79. The number of nitrogens with one attached hydrogen (secondary N) is 1. The molecule has 0 heterocycles. The highest BCUT2D eigenvalue weighted by molar-refractivity contribution is 5.71. The van der Waals surface area contributed by atoms with E-state index < -0.39 is 11.8 Å². The second kappa shape index (κ2) is 5.83. The largest absolute Gasteiger partial charge is 0.468 e. The summed E-state index contributed by atoms with van der Waals surface area (Å²) in [6, 6.07) is 5.99. The van der Waals surface area contributed by atoms with Gasteiger partial charge in [-0.15, -0.1) is 0 Å². The van der Waals surface area contributed by atoms with Gasteiger partial charge in [0.25, 0.3) is 0 Å². The number of benzene rings is 1. The van der Waals surface area contributed by atoms with Crippen molar-refractivity contribution in [2.24, 2.45) is 0 Å². The lowest BCUT2D eigenvalue weighted by molar-refractivity contribution is -0.139. The highest BCUT2D eigenvalue weighted by Gasteiger charge is 2.04. The van der Waals surface area contributed by atoms with Gasteiger partial charge in [-0.3, -0.25) is 4.79 Å². The first-order valence-corrected chi connectivity index (χ1v) is 4.63. The summed E-state index contributed by atoms with van der Waals surface area (Å²) < 4.78 is 17.7. The van der Waals surface area contributed by atoms with Gasteiger partial charge in [0.05, 0.1) is 25.3 Å². The van der Waals surface area contributed by atoms with E-state index in [0.29, 0.717) is 11.1 Å². The van der Waals surface area contributed by atoms with Crippen LogP contribution in [-0.2, 0) is 16.1 Å². The number of hydrogen-bond donors (Lipinski definition) is 1. The van der Waals surface area contributed by atoms with Gasteiger partial charge in [0, 0.05) is 12.1 Å². The fraction of sp³-hybridized carbons (Fsp3) is 0.273. The van der Waals surface area contributed by atoms with Crippen LogP contribution in [0.2, 0.25) is 0 Å². The van der Waals surface area contributed by atoms with Gasteiger partial charge in [-0.2, -0.15) is 5.26 Å². The van der Waals surface area contributed by atoms with Gasteiger partial charge in [0.15, 0.2) is 0 Å². The Kier molecular flexibility index (Phi) is 4.42. The number of ether oxygens (including phenoxy) is 1. The Bertz CT molecular complexity index is 426. The van der Waals surface area contributed by atoms with E-state index in [-0.39, 0.29) is 13.1 Å². The number of hydrogen-bond acceptors (Lipinski definition) is 4. The Morgan fingerprint density at radius 1 is 1.62 bits per heavy atom. The summed E-state index contributed by atoms with van der Waals surface area (Å²) in [5.74, 6) is -0.826. The summed E-state index contributed by atoms with van der Waals surface area (Å²) in [6.07, 6.45) is 0. The molecule has 0 bridgehead atoms. The maximum atomic E-state index is 13.2. The van der Waals surface area contributed by atoms with Crippen molar-refractivity contribution in [3.63, 3.8) is 0 Å². The highest BCUT2D eigenvalue weighted by atomic mass is 19.1. The average Bonchev–Trinajstić information content (AvgIpc) is 2.31. The van der Waals surface area contributed by atoms with E-state index in [1.807, 2.05) is 6.07 Å². The molecule has 1 rings (SSSR count). The molecule has 0 unspecified atom stereocenters. The van der Waals surface area contributed by atoms with Gasteiger partial charge < -0.3 is 10.1 Å². The number of rotatable bonds is 4. The van der Waals surface area contributed by atoms with Gasteiger partial charge >= 0.3 is 5.97 Å². The van der Waals surface area contributed by atoms with E-state index in [4.69, 9.17) is 5.26 Å². The molecule has 0 saturated carbocycles. The lowest BCUT2D eigenvalue weighted by atomic mass is 10.1. The van der Waals surface area contributed by atoms with Crippen molar-refractivity contribution < 1.29 is 13.9 Å². The first kappa shape index (κ1) is 12.1. The van der Waals surface area contributed by atoms with Crippen molar-refractivity contribution in [2.75, 3.05) is 13.7 Å². The van der Waals surface area contributed by atoms with E-state index >= 15 is 0 Å². The monoisotopic (exact) mass is 222 g/mol. The molecule has 0 fully saturated rings. The maximum Gasteiger partial charge on any atom is 0.319 e. The molecule has 1 aromatic carbocycles. The molecule has 0 atom stereocenters. The number of halogens is 1. The van der Waals surface area contributed by atoms with E-state index in [1.54, 1.807) is 0 Å². The number of nitriles is 1. The molecule has 16 heavy (non-hydrogen) atoms. The Hall–Kier alpha value is -1.93. The van der Waals surface area contributed by atoms with Gasteiger partial charge in [0.1, 0.15) is 5.82 Å². The van der Waals surface area contributed by atoms with Crippen LogP contribution in [0.5, 0.6) is 0 Å². The quantitative estimate of drug-likeness (QED) is 0.771. The fourth-order valence-electron chi connectivity index (χ4n) is 1.15. The third-order valence-corrected chi connectivity index (χ3v) is 1.99. The van der Waals surface area contributed by atoms with Gasteiger partial charge in [-0.25, -0.2) is 4.39 Å².